The smallest absolute Gasteiger partial charge is 0.304 e. The molecular weight excluding hydrogens is 468 g/mol. The van der Waals surface area contributed by atoms with E-state index in [0.29, 0.717) is 31.1 Å². The van der Waals surface area contributed by atoms with Gasteiger partial charge in [-0.2, -0.15) is 4.98 Å². The molecule has 8 nitrogen and oxygen atoms in total. The van der Waals surface area contributed by atoms with Crippen LogP contribution in [0.2, 0.25) is 0 Å². The Morgan fingerprint density at radius 2 is 1.76 bits per heavy atom. The minimum absolute atomic E-state index is 0.0982. The molecule has 2 aromatic carbocycles. The van der Waals surface area contributed by atoms with E-state index in [1.807, 2.05) is 12.1 Å². The molecule has 1 saturated heterocycles. The van der Waals surface area contributed by atoms with Crippen molar-refractivity contribution in [1.82, 2.24) is 9.88 Å². The van der Waals surface area contributed by atoms with Crippen molar-refractivity contribution in [1.29, 1.82) is 0 Å². The lowest BCUT2D eigenvalue weighted by Crippen LogP contribution is -2.46. The van der Waals surface area contributed by atoms with E-state index < -0.39 is 5.97 Å². The molecule has 1 amide bonds. The van der Waals surface area contributed by atoms with Gasteiger partial charge in [-0.25, -0.2) is 0 Å². The van der Waals surface area contributed by atoms with Crippen molar-refractivity contribution < 1.29 is 19.1 Å². The third-order valence-electron chi connectivity index (χ3n) is 7.09. The van der Waals surface area contributed by atoms with Gasteiger partial charge in [0, 0.05) is 56.7 Å². The molecule has 0 spiro atoms. The second kappa shape index (κ2) is 11.6. The number of aromatic nitrogens is 1. The van der Waals surface area contributed by atoms with Crippen LogP contribution in [0, 0.1) is 0 Å². The number of unbranched alkanes of at least 4 members (excludes halogenated alkanes) is 1. The lowest BCUT2D eigenvalue weighted by Gasteiger charge is -2.36. The minimum Gasteiger partial charge on any atom is -0.478 e. The maximum Gasteiger partial charge on any atom is 0.304 e. The van der Waals surface area contributed by atoms with Crippen LogP contribution in [0.1, 0.15) is 31.7 Å². The first-order valence-electron chi connectivity index (χ1n) is 13.1. The summed E-state index contributed by atoms with van der Waals surface area (Å²) in [6.45, 7) is 7.01. The van der Waals surface area contributed by atoms with Gasteiger partial charge in [0.25, 0.3) is 0 Å². The number of fused-ring (bicyclic) bond motifs is 2. The molecule has 194 valence electrons. The molecule has 5 rings (SSSR count). The number of carbonyl (C=O) groups is 2. The molecule has 37 heavy (non-hydrogen) atoms. The number of pyridine rings is 1. The van der Waals surface area contributed by atoms with Gasteiger partial charge in [-0.3, -0.25) is 19.4 Å². The van der Waals surface area contributed by atoms with Crippen LogP contribution in [-0.2, 0) is 20.7 Å². The van der Waals surface area contributed by atoms with E-state index in [1.165, 1.54) is 28.3 Å². The highest BCUT2D eigenvalue weighted by Gasteiger charge is 2.27. The zero-order valence-corrected chi connectivity index (χ0v) is 21.4. The maximum atomic E-state index is 12.3. The van der Waals surface area contributed by atoms with Gasteiger partial charge in [0.1, 0.15) is 5.82 Å². The van der Waals surface area contributed by atoms with Crippen LogP contribution in [-0.4, -0.2) is 67.8 Å². The topological polar surface area (TPSA) is 75.2 Å². The fourth-order valence-corrected chi connectivity index (χ4v) is 5.06. The summed E-state index contributed by atoms with van der Waals surface area (Å²) in [4.78, 5) is 34.5. The van der Waals surface area contributed by atoms with Gasteiger partial charge < -0.3 is 14.4 Å². The zero-order valence-electron chi connectivity index (χ0n) is 21.4. The number of anilines is 2. The van der Waals surface area contributed by atoms with E-state index in [2.05, 4.69) is 57.2 Å². The van der Waals surface area contributed by atoms with E-state index in [-0.39, 0.29) is 12.6 Å². The molecule has 3 aromatic rings. The highest BCUT2D eigenvalue weighted by atomic mass is 16.5. The lowest BCUT2D eigenvalue weighted by atomic mass is 10.1. The molecule has 1 aromatic heterocycles. The molecule has 0 saturated carbocycles. The van der Waals surface area contributed by atoms with Crippen LogP contribution in [0.15, 0.2) is 54.6 Å². The highest BCUT2D eigenvalue weighted by molar-refractivity contribution is 5.95. The molecule has 8 heteroatoms. The van der Waals surface area contributed by atoms with Crippen molar-refractivity contribution in [3.8, 4) is 5.88 Å². The second-order valence-corrected chi connectivity index (χ2v) is 9.60. The first-order valence-corrected chi connectivity index (χ1v) is 13.1. The Bertz CT molecular complexity index is 1250. The Kier molecular flexibility index (Phi) is 7.84. The van der Waals surface area contributed by atoms with Crippen molar-refractivity contribution in [3.05, 3.63) is 60.2 Å². The van der Waals surface area contributed by atoms with Crippen LogP contribution >= 0.6 is 0 Å². The summed E-state index contributed by atoms with van der Waals surface area (Å²) < 4.78 is 11.0. The van der Waals surface area contributed by atoms with E-state index in [0.717, 1.165) is 51.1 Å². The molecule has 2 aliphatic rings. The minimum atomic E-state index is -0.428. The number of piperazine rings is 1. The Morgan fingerprint density at radius 1 is 0.946 bits per heavy atom. The third-order valence-corrected chi connectivity index (χ3v) is 7.09. The number of ether oxygens (including phenoxy) is 2. The van der Waals surface area contributed by atoms with Gasteiger partial charge in [0.15, 0.2) is 6.73 Å². The summed E-state index contributed by atoms with van der Waals surface area (Å²) in [5.74, 6) is 0.491. The van der Waals surface area contributed by atoms with Crippen LogP contribution in [0.25, 0.3) is 10.8 Å². The van der Waals surface area contributed by atoms with Crippen molar-refractivity contribution in [3.63, 3.8) is 0 Å². The van der Waals surface area contributed by atoms with E-state index in [4.69, 9.17) is 9.47 Å². The summed E-state index contributed by atoms with van der Waals surface area (Å²) in [6.07, 6.45) is 2.99. The van der Waals surface area contributed by atoms with Crippen molar-refractivity contribution in [2.24, 2.45) is 0 Å². The Morgan fingerprint density at radius 3 is 2.59 bits per heavy atom. The summed E-state index contributed by atoms with van der Waals surface area (Å²) in [6, 6.07) is 18.9. The highest BCUT2D eigenvalue weighted by Crippen LogP contribution is 2.29. The van der Waals surface area contributed by atoms with Crippen molar-refractivity contribution in [2.75, 3.05) is 55.9 Å². The Labute approximate surface area is 217 Å². The van der Waals surface area contributed by atoms with Gasteiger partial charge in [-0.05, 0) is 48.9 Å². The quantitative estimate of drug-likeness (QED) is 0.323. The zero-order chi connectivity index (χ0) is 25.6. The van der Waals surface area contributed by atoms with E-state index >= 15 is 0 Å². The molecule has 1 fully saturated rings. The van der Waals surface area contributed by atoms with Gasteiger partial charge in [-0.1, -0.05) is 36.4 Å². The number of hydrogen-bond donors (Lipinski definition) is 0. The lowest BCUT2D eigenvalue weighted by molar-refractivity contribution is -0.141. The molecule has 3 heterocycles. The third kappa shape index (κ3) is 6.02. The maximum absolute atomic E-state index is 12.3. The number of rotatable bonds is 9. The molecule has 0 N–H and O–H groups in total. The van der Waals surface area contributed by atoms with E-state index in [1.54, 1.807) is 0 Å². The molecule has 0 unspecified atom stereocenters. The largest absolute Gasteiger partial charge is 0.478 e. The molecule has 2 aliphatic heterocycles. The fraction of sp³-hybridized carbons (Fsp3) is 0.414. The summed E-state index contributed by atoms with van der Waals surface area (Å²) in [5.41, 5.74) is 2.29. The standard InChI is InChI=1S/C29H34N4O4/c1-22(34)37-21-33-28(35)14-12-24-11-13-27(30-29(24)33)36-20-5-4-15-31-16-18-32(19-17-31)26-10-6-8-23-7-2-3-9-25(23)26/h2-3,6-11,13H,4-5,12,14-21H2,1H3. The van der Waals surface area contributed by atoms with Crippen molar-refractivity contribution >= 4 is 34.2 Å². The second-order valence-electron chi connectivity index (χ2n) is 9.60. The average molecular weight is 503 g/mol. The van der Waals surface area contributed by atoms with Crippen LogP contribution in [0.5, 0.6) is 5.88 Å². The van der Waals surface area contributed by atoms with Gasteiger partial charge in [0.05, 0.1) is 6.61 Å². The average Bonchev–Trinajstić information content (AvgIpc) is 2.92. The fourth-order valence-electron chi connectivity index (χ4n) is 5.06. The summed E-state index contributed by atoms with van der Waals surface area (Å²) in [5, 5.41) is 2.62. The van der Waals surface area contributed by atoms with Gasteiger partial charge in [-0.15, -0.1) is 0 Å². The first-order chi connectivity index (χ1) is 18.1. The van der Waals surface area contributed by atoms with Crippen LogP contribution in [0.4, 0.5) is 11.5 Å². The molecule has 0 atom stereocenters. The van der Waals surface area contributed by atoms with E-state index in [9.17, 15) is 9.59 Å². The monoisotopic (exact) mass is 502 g/mol. The summed E-state index contributed by atoms with van der Waals surface area (Å²) >= 11 is 0. The first kappa shape index (κ1) is 25.0. The predicted octanol–water partition coefficient (Wildman–Crippen LogP) is 4.02. The molecular formula is C29H34N4O4. The molecule has 0 radical (unpaired) electrons. The Hall–Kier alpha value is -3.65. The van der Waals surface area contributed by atoms with Crippen LogP contribution in [0.3, 0.4) is 0 Å². The number of aryl methyl sites for hydroxylation is 1. The predicted molar refractivity (Wildman–Crippen MR) is 144 cm³/mol. The number of carbonyl (C=O) groups excluding carboxylic acids is 2. The Balaban J connectivity index is 1.06. The number of benzene rings is 2. The number of hydrogen-bond acceptors (Lipinski definition) is 7. The van der Waals surface area contributed by atoms with Gasteiger partial charge in [0.2, 0.25) is 11.8 Å². The van der Waals surface area contributed by atoms with Crippen LogP contribution < -0.4 is 14.5 Å². The summed E-state index contributed by atoms with van der Waals surface area (Å²) in [7, 11) is 0. The SMILES string of the molecule is CC(=O)OCN1C(=O)CCc2ccc(OCCCCN3CCN(c4cccc5ccccc45)CC3)nc21. The van der Waals surface area contributed by atoms with Crippen molar-refractivity contribution in [2.45, 2.75) is 32.6 Å². The number of amides is 1. The number of esters is 1. The molecule has 0 bridgehead atoms. The number of nitrogens with zero attached hydrogens (tertiary/aromatic N) is 4. The van der Waals surface area contributed by atoms with Gasteiger partial charge >= 0.3 is 5.97 Å². The molecule has 0 aliphatic carbocycles. The normalized spacial score (nSPS) is 16.1.